The van der Waals surface area contributed by atoms with Crippen LogP contribution in [-0.4, -0.2) is 19.0 Å². The Morgan fingerprint density at radius 2 is 1.76 bits per heavy atom. The van der Waals surface area contributed by atoms with Crippen LogP contribution in [0.1, 0.15) is 12.5 Å². The minimum atomic E-state index is -0.312. The van der Waals surface area contributed by atoms with Gasteiger partial charge in [-0.15, -0.1) is 0 Å². The summed E-state index contributed by atoms with van der Waals surface area (Å²) in [5.41, 5.74) is 1.80. The van der Waals surface area contributed by atoms with Crippen molar-refractivity contribution in [2.75, 3.05) is 12.4 Å². The molecule has 0 saturated heterocycles. The lowest BCUT2D eigenvalue weighted by molar-refractivity contribution is -0.907. The lowest BCUT2D eigenvalue weighted by atomic mass is 10.2. The summed E-state index contributed by atoms with van der Waals surface area (Å²) in [5.74, 6) is -0.386. The number of nitrogens with one attached hydrogen (secondary N) is 2. The van der Waals surface area contributed by atoms with Crippen molar-refractivity contribution in [2.24, 2.45) is 0 Å². The molecule has 2 N–H and O–H groups in total. The Morgan fingerprint density at radius 1 is 1.14 bits per heavy atom. The smallest absolute Gasteiger partial charge is 0.282 e. The highest BCUT2D eigenvalue weighted by Gasteiger charge is 2.21. The highest BCUT2D eigenvalue weighted by atomic mass is 19.1. The van der Waals surface area contributed by atoms with Crippen LogP contribution in [-0.2, 0) is 11.3 Å². The van der Waals surface area contributed by atoms with E-state index in [-0.39, 0.29) is 17.8 Å². The molecule has 0 aliphatic carbocycles. The van der Waals surface area contributed by atoms with Crippen molar-refractivity contribution < 1.29 is 14.1 Å². The van der Waals surface area contributed by atoms with E-state index < -0.39 is 0 Å². The summed E-state index contributed by atoms with van der Waals surface area (Å²) in [6.45, 7) is 2.66. The molecular formula is C17H20FN2O+. The molecule has 1 amide bonds. The number of carbonyl (C=O) groups excluding carboxylic acids is 1. The van der Waals surface area contributed by atoms with Gasteiger partial charge >= 0.3 is 0 Å². The number of halogens is 1. The Labute approximate surface area is 124 Å². The molecule has 2 aromatic rings. The van der Waals surface area contributed by atoms with Gasteiger partial charge in [-0.2, -0.15) is 0 Å². The van der Waals surface area contributed by atoms with Crippen LogP contribution in [0.3, 0.4) is 0 Å². The summed E-state index contributed by atoms with van der Waals surface area (Å²) in [4.78, 5) is 13.3. The van der Waals surface area contributed by atoms with Gasteiger partial charge in [-0.05, 0) is 31.2 Å². The van der Waals surface area contributed by atoms with Gasteiger partial charge in [0.15, 0.2) is 6.04 Å². The van der Waals surface area contributed by atoms with Gasteiger partial charge in [0.1, 0.15) is 12.4 Å². The second-order valence-corrected chi connectivity index (χ2v) is 5.23. The summed E-state index contributed by atoms with van der Waals surface area (Å²) in [6.07, 6.45) is 0. The summed E-state index contributed by atoms with van der Waals surface area (Å²) in [6, 6.07) is 15.7. The van der Waals surface area contributed by atoms with Crippen LogP contribution in [0.2, 0.25) is 0 Å². The van der Waals surface area contributed by atoms with Crippen molar-refractivity contribution in [3.8, 4) is 0 Å². The largest absolute Gasteiger partial charge is 0.324 e. The first-order chi connectivity index (χ1) is 10.1. The zero-order valence-corrected chi connectivity index (χ0v) is 12.3. The van der Waals surface area contributed by atoms with Crippen molar-refractivity contribution in [1.82, 2.24) is 0 Å². The second kappa shape index (κ2) is 6.99. The van der Waals surface area contributed by atoms with Crippen LogP contribution in [0.4, 0.5) is 10.1 Å². The van der Waals surface area contributed by atoms with Crippen LogP contribution in [0.5, 0.6) is 0 Å². The zero-order chi connectivity index (χ0) is 15.2. The third kappa shape index (κ3) is 4.39. The average Bonchev–Trinajstić information content (AvgIpc) is 2.49. The fourth-order valence-corrected chi connectivity index (χ4v) is 2.08. The summed E-state index contributed by atoms with van der Waals surface area (Å²) >= 11 is 0. The van der Waals surface area contributed by atoms with Crippen LogP contribution in [0, 0.1) is 5.82 Å². The molecule has 0 aromatic heterocycles. The number of anilines is 1. The standard InChI is InChI=1S/C17H19FN2O/c1-13(20(2)12-14-6-4-3-5-7-14)17(21)19-16-10-8-15(18)9-11-16/h3-11,13H,12H2,1-2H3,(H,19,21)/p+1/t13-/m0/s1. The van der Waals surface area contributed by atoms with Gasteiger partial charge < -0.3 is 10.2 Å². The van der Waals surface area contributed by atoms with Crippen molar-refractivity contribution in [3.05, 3.63) is 66.0 Å². The first-order valence-corrected chi connectivity index (χ1v) is 6.99. The molecule has 21 heavy (non-hydrogen) atoms. The summed E-state index contributed by atoms with van der Waals surface area (Å²) in [5, 5.41) is 2.81. The van der Waals surface area contributed by atoms with Crippen LogP contribution < -0.4 is 10.2 Å². The van der Waals surface area contributed by atoms with E-state index in [1.54, 1.807) is 12.1 Å². The number of likely N-dealkylation sites (N-methyl/N-ethyl adjacent to an activating group) is 1. The number of hydrogen-bond acceptors (Lipinski definition) is 1. The normalized spacial score (nSPS) is 13.5. The Balaban J connectivity index is 1.93. The molecule has 1 unspecified atom stereocenters. The summed E-state index contributed by atoms with van der Waals surface area (Å²) in [7, 11) is 1.99. The SMILES string of the molecule is C[C@@H](C(=O)Nc1ccc(F)cc1)[NH+](C)Cc1ccccc1. The number of carbonyl (C=O) groups is 1. The first-order valence-electron chi connectivity index (χ1n) is 6.99. The molecule has 3 nitrogen and oxygen atoms in total. The van der Waals surface area contributed by atoms with E-state index in [1.165, 1.54) is 17.7 Å². The Hall–Kier alpha value is -2.20. The third-order valence-electron chi connectivity index (χ3n) is 3.57. The van der Waals surface area contributed by atoms with Gasteiger partial charge in [-0.3, -0.25) is 4.79 Å². The predicted molar refractivity (Wildman–Crippen MR) is 81.5 cm³/mol. The fourth-order valence-electron chi connectivity index (χ4n) is 2.08. The Bertz CT molecular complexity index is 583. The molecule has 4 heteroatoms. The van der Waals surface area contributed by atoms with E-state index in [0.29, 0.717) is 5.69 Å². The monoisotopic (exact) mass is 287 g/mol. The van der Waals surface area contributed by atoms with E-state index in [2.05, 4.69) is 5.32 Å². The van der Waals surface area contributed by atoms with Gasteiger partial charge in [0, 0.05) is 11.3 Å². The van der Waals surface area contributed by atoms with E-state index in [0.717, 1.165) is 11.4 Å². The maximum atomic E-state index is 12.8. The molecule has 0 bridgehead atoms. The highest BCUT2D eigenvalue weighted by molar-refractivity contribution is 5.93. The third-order valence-corrected chi connectivity index (χ3v) is 3.57. The fraction of sp³-hybridized carbons (Fsp3) is 0.235. The molecule has 2 aromatic carbocycles. The maximum absolute atomic E-state index is 12.8. The average molecular weight is 287 g/mol. The molecule has 110 valence electrons. The maximum Gasteiger partial charge on any atom is 0.282 e. The van der Waals surface area contributed by atoms with Crippen molar-refractivity contribution >= 4 is 11.6 Å². The quantitative estimate of drug-likeness (QED) is 0.865. The first kappa shape index (κ1) is 15.2. The number of amides is 1. The molecular weight excluding hydrogens is 267 g/mol. The van der Waals surface area contributed by atoms with E-state index in [4.69, 9.17) is 0 Å². The lowest BCUT2D eigenvalue weighted by Crippen LogP contribution is -3.12. The van der Waals surface area contributed by atoms with E-state index in [9.17, 15) is 9.18 Å². The molecule has 0 saturated carbocycles. The van der Waals surface area contributed by atoms with E-state index >= 15 is 0 Å². The van der Waals surface area contributed by atoms with Crippen LogP contribution in [0.15, 0.2) is 54.6 Å². The van der Waals surface area contributed by atoms with Gasteiger partial charge in [-0.25, -0.2) is 4.39 Å². The molecule has 0 spiro atoms. The summed E-state index contributed by atoms with van der Waals surface area (Å²) < 4.78 is 12.8. The minimum absolute atomic E-state index is 0.0740. The van der Waals surface area contributed by atoms with Crippen molar-refractivity contribution in [1.29, 1.82) is 0 Å². The minimum Gasteiger partial charge on any atom is -0.324 e. The predicted octanol–water partition coefficient (Wildman–Crippen LogP) is 1.87. The second-order valence-electron chi connectivity index (χ2n) is 5.23. The molecule has 2 rings (SSSR count). The molecule has 0 aliphatic heterocycles. The molecule has 0 radical (unpaired) electrons. The topological polar surface area (TPSA) is 33.5 Å². The molecule has 0 fully saturated rings. The Kier molecular flexibility index (Phi) is 5.06. The van der Waals surface area contributed by atoms with Gasteiger partial charge in [0.05, 0.1) is 7.05 Å². The van der Waals surface area contributed by atoms with E-state index in [1.807, 2.05) is 44.3 Å². The van der Waals surface area contributed by atoms with Gasteiger partial charge in [-0.1, -0.05) is 30.3 Å². The Morgan fingerprint density at radius 3 is 2.38 bits per heavy atom. The molecule has 0 heterocycles. The number of rotatable bonds is 5. The number of hydrogen-bond donors (Lipinski definition) is 2. The molecule has 0 aliphatic rings. The van der Waals surface area contributed by atoms with Gasteiger partial charge in [0.25, 0.3) is 5.91 Å². The zero-order valence-electron chi connectivity index (χ0n) is 12.3. The highest BCUT2D eigenvalue weighted by Crippen LogP contribution is 2.08. The van der Waals surface area contributed by atoms with Crippen LogP contribution in [0.25, 0.3) is 0 Å². The van der Waals surface area contributed by atoms with Crippen molar-refractivity contribution in [3.63, 3.8) is 0 Å². The van der Waals surface area contributed by atoms with Crippen LogP contribution >= 0.6 is 0 Å². The van der Waals surface area contributed by atoms with Crippen molar-refractivity contribution in [2.45, 2.75) is 19.5 Å². The molecule has 2 atom stereocenters. The number of quaternary nitrogens is 1. The number of benzene rings is 2. The van der Waals surface area contributed by atoms with Gasteiger partial charge in [0.2, 0.25) is 0 Å². The lowest BCUT2D eigenvalue weighted by Gasteiger charge is -2.21.